The number of nitrogens with one attached hydrogen (secondary N) is 2. The lowest BCUT2D eigenvalue weighted by atomic mass is 9.98. The zero-order valence-corrected chi connectivity index (χ0v) is 17.7. The maximum atomic E-state index is 12.8. The van der Waals surface area contributed by atoms with Gasteiger partial charge in [0.1, 0.15) is 5.82 Å². The number of hydrogen-bond donors (Lipinski definition) is 2. The standard InChI is InChI=1S/C25H25N5O/c1-17-16-30(13-12-27-17)24-11-10-21(15-28-24)25(31)29-23-5-3-4-22(18(23)2)20-8-6-19(14-26)7-9-20/h3-11,15,17,27H,12-13,16H2,1-2H3,(H,29,31)/t17-/m0/s1. The zero-order valence-electron chi connectivity index (χ0n) is 17.7. The number of anilines is 2. The Bertz CT molecular complexity index is 1120. The second-order valence-electron chi connectivity index (χ2n) is 7.83. The molecule has 3 aromatic rings. The van der Waals surface area contributed by atoms with E-state index < -0.39 is 0 Å². The highest BCUT2D eigenvalue weighted by Gasteiger charge is 2.17. The molecule has 2 aromatic carbocycles. The van der Waals surface area contributed by atoms with Crippen molar-refractivity contribution in [2.24, 2.45) is 0 Å². The smallest absolute Gasteiger partial charge is 0.257 e. The summed E-state index contributed by atoms with van der Waals surface area (Å²) in [6.07, 6.45) is 1.64. The van der Waals surface area contributed by atoms with Crippen molar-refractivity contribution in [2.45, 2.75) is 19.9 Å². The Labute approximate surface area is 182 Å². The monoisotopic (exact) mass is 411 g/mol. The van der Waals surface area contributed by atoms with Crippen LogP contribution in [0.2, 0.25) is 0 Å². The summed E-state index contributed by atoms with van der Waals surface area (Å²) in [5.74, 6) is 0.705. The number of amides is 1. The number of nitrogens with zero attached hydrogens (tertiary/aromatic N) is 3. The van der Waals surface area contributed by atoms with Gasteiger partial charge in [0, 0.05) is 37.6 Å². The first-order valence-electron chi connectivity index (χ1n) is 10.4. The van der Waals surface area contributed by atoms with Crippen molar-refractivity contribution in [3.8, 4) is 17.2 Å². The molecule has 4 rings (SSSR count). The Hall–Kier alpha value is -3.69. The third-order valence-electron chi connectivity index (χ3n) is 5.61. The number of nitriles is 1. The van der Waals surface area contributed by atoms with Gasteiger partial charge in [-0.2, -0.15) is 5.26 Å². The summed E-state index contributed by atoms with van der Waals surface area (Å²) in [7, 11) is 0. The maximum Gasteiger partial charge on any atom is 0.257 e. The molecule has 1 atom stereocenters. The molecule has 1 fully saturated rings. The van der Waals surface area contributed by atoms with Gasteiger partial charge in [0.2, 0.25) is 0 Å². The highest BCUT2D eigenvalue weighted by molar-refractivity contribution is 6.05. The van der Waals surface area contributed by atoms with E-state index in [1.165, 1.54) is 0 Å². The van der Waals surface area contributed by atoms with Gasteiger partial charge in [0.25, 0.3) is 5.91 Å². The Balaban J connectivity index is 1.50. The van der Waals surface area contributed by atoms with Gasteiger partial charge in [0.15, 0.2) is 0 Å². The molecule has 0 saturated carbocycles. The van der Waals surface area contributed by atoms with Crippen molar-refractivity contribution in [3.05, 3.63) is 77.5 Å². The van der Waals surface area contributed by atoms with Crippen molar-refractivity contribution in [1.29, 1.82) is 5.26 Å². The molecule has 0 bridgehead atoms. The lowest BCUT2D eigenvalue weighted by Crippen LogP contribution is -2.49. The summed E-state index contributed by atoms with van der Waals surface area (Å²) < 4.78 is 0. The van der Waals surface area contributed by atoms with E-state index in [0.717, 1.165) is 47.8 Å². The van der Waals surface area contributed by atoms with Crippen LogP contribution < -0.4 is 15.5 Å². The molecule has 0 unspecified atom stereocenters. The molecule has 2 N–H and O–H groups in total. The predicted molar refractivity (Wildman–Crippen MR) is 123 cm³/mol. The first-order valence-corrected chi connectivity index (χ1v) is 10.4. The third kappa shape index (κ3) is 4.57. The number of carbonyl (C=O) groups excluding carboxylic acids is 1. The first-order chi connectivity index (χ1) is 15.0. The molecule has 0 radical (unpaired) electrons. The van der Waals surface area contributed by atoms with Gasteiger partial charge < -0.3 is 15.5 Å². The van der Waals surface area contributed by atoms with Crippen molar-refractivity contribution in [3.63, 3.8) is 0 Å². The minimum absolute atomic E-state index is 0.187. The fourth-order valence-electron chi connectivity index (χ4n) is 3.85. The fourth-order valence-corrected chi connectivity index (χ4v) is 3.85. The molecular weight excluding hydrogens is 386 g/mol. The molecule has 2 heterocycles. The van der Waals surface area contributed by atoms with Gasteiger partial charge in [-0.1, -0.05) is 24.3 Å². The Morgan fingerprint density at radius 1 is 1.19 bits per heavy atom. The molecule has 31 heavy (non-hydrogen) atoms. The lowest BCUT2D eigenvalue weighted by Gasteiger charge is -2.32. The van der Waals surface area contributed by atoms with Crippen LogP contribution in [0.15, 0.2) is 60.8 Å². The second kappa shape index (κ2) is 8.99. The Morgan fingerprint density at radius 3 is 2.68 bits per heavy atom. The summed E-state index contributed by atoms with van der Waals surface area (Å²) >= 11 is 0. The molecule has 1 aliphatic heterocycles. The molecule has 1 amide bonds. The van der Waals surface area contributed by atoms with Crippen LogP contribution in [0, 0.1) is 18.3 Å². The Morgan fingerprint density at radius 2 is 2.00 bits per heavy atom. The lowest BCUT2D eigenvalue weighted by molar-refractivity contribution is 0.102. The number of rotatable bonds is 4. The number of benzene rings is 2. The van der Waals surface area contributed by atoms with E-state index in [-0.39, 0.29) is 5.91 Å². The number of aromatic nitrogens is 1. The van der Waals surface area contributed by atoms with Gasteiger partial charge in [-0.15, -0.1) is 0 Å². The van der Waals surface area contributed by atoms with Crippen molar-refractivity contribution < 1.29 is 4.79 Å². The molecule has 1 saturated heterocycles. The van der Waals surface area contributed by atoms with Gasteiger partial charge in [0.05, 0.1) is 17.2 Å². The zero-order chi connectivity index (χ0) is 21.8. The van der Waals surface area contributed by atoms with Crippen LogP contribution in [0.5, 0.6) is 0 Å². The van der Waals surface area contributed by atoms with Crippen molar-refractivity contribution in [1.82, 2.24) is 10.3 Å². The minimum atomic E-state index is -0.187. The van der Waals surface area contributed by atoms with Crippen LogP contribution in [0.25, 0.3) is 11.1 Å². The highest BCUT2D eigenvalue weighted by Crippen LogP contribution is 2.29. The molecule has 156 valence electrons. The quantitative estimate of drug-likeness (QED) is 0.679. The normalized spacial score (nSPS) is 15.9. The van der Waals surface area contributed by atoms with Crippen molar-refractivity contribution in [2.75, 3.05) is 29.9 Å². The summed E-state index contributed by atoms with van der Waals surface area (Å²) in [5, 5.41) is 15.4. The summed E-state index contributed by atoms with van der Waals surface area (Å²) in [6, 6.07) is 19.6. The van der Waals surface area contributed by atoms with Crippen LogP contribution in [0.3, 0.4) is 0 Å². The first kappa shape index (κ1) is 20.6. The largest absolute Gasteiger partial charge is 0.354 e. The van der Waals surface area contributed by atoms with Crippen LogP contribution in [0.1, 0.15) is 28.4 Å². The van der Waals surface area contributed by atoms with Crippen LogP contribution in [-0.4, -0.2) is 36.6 Å². The highest BCUT2D eigenvalue weighted by atomic mass is 16.1. The minimum Gasteiger partial charge on any atom is -0.354 e. The Kier molecular flexibility index (Phi) is 5.96. The second-order valence-corrected chi connectivity index (χ2v) is 7.83. The SMILES string of the molecule is Cc1c(NC(=O)c2ccc(N3CCN[C@@H](C)C3)nc2)cccc1-c1ccc(C#N)cc1. The third-order valence-corrected chi connectivity index (χ3v) is 5.61. The van der Waals surface area contributed by atoms with Gasteiger partial charge in [-0.05, 0) is 60.9 Å². The molecule has 1 aliphatic rings. The number of hydrogen-bond acceptors (Lipinski definition) is 5. The summed E-state index contributed by atoms with van der Waals surface area (Å²) in [6.45, 7) is 6.88. The number of carbonyl (C=O) groups is 1. The van der Waals surface area contributed by atoms with Gasteiger partial charge in [-0.3, -0.25) is 4.79 Å². The van der Waals surface area contributed by atoms with E-state index in [2.05, 4.69) is 33.5 Å². The molecule has 6 nitrogen and oxygen atoms in total. The molecular formula is C25H25N5O. The van der Waals surface area contributed by atoms with Crippen LogP contribution in [0.4, 0.5) is 11.5 Å². The van der Waals surface area contributed by atoms with E-state index in [1.807, 2.05) is 49.4 Å². The number of piperazine rings is 1. The fraction of sp³-hybridized carbons (Fsp3) is 0.240. The summed E-state index contributed by atoms with van der Waals surface area (Å²) in [4.78, 5) is 19.6. The van der Waals surface area contributed by atoms with E-state index >= 15 is 0 Å². The van der Waals surface area contributed by atoms with E-state index in [0.29, 0.717) is 17.2 Å². The maximum absolute atomic E-state index is 12.8. The molecule has 6 heteroatoms. The van der Waals surface area contributed by atoms with Gasteiger partial charge >= 0.3 is 0 Å². The van der Waals surface area contributed by atoms with Crippen LogP contribution >= 0.6 is 0 Å². The molecule has 1 aromatic heterocycles. The van der Waals surface area contributed by atoms with Gasteiger partial charge in [-0.25, -0.2) is 4.98 Å². The number of pyridine rings is 1. The van der Waals surface area contributed by atoms with E-state index in [1.54, 1.807) is 18.3 Å². The van der Waals surface area contributed by atoms with E-state index in [4.69, 9.17) is 5.26 Å². The van der Waals surface area contributed by atoms with Crippen molar-refractivity contribution >= 4 is 17.4 Å². The summed E-state index contributed by atoms with van der Waals surface area (Å²) in [5.41, 5.74) is 4.89. The average Bonchev–Trinajstić information content (AvgIpc) is 2.80. The average molecular weight is 412 g/mol. The van der Waals surface area contributed by atoms with E-state index in [9.17, 15) is 4.79 Å². The predicted octanol–water partition coefficient (Wildman–Crippen LogP) is 3.98. The topological polar surface area (TPSA) is 81.1 Å². The molecule has 0 aliphatic carbocycles. The van der Waals surface area contributed by atoms with Crippen LogP contribution in [-0.2, 0) is 0 Å². The molecule has 0 spiro atoms.